The molecule has 0 radical (unpaired) electrons. The van der Waals surface area contributed by atoms with Crippen molar-refractivity contribution in [3.8, 4) is 0 Å². The van der Waals surface area contributed by atoms with Crippen molar-refractivity contribution in [2.24, 2.45) is 0 Å². The number of benzene rings is 1. The molecule has 0 aliphatic rings. The fourth-order valence-corrected chi connectivity index (χ4v) is 4.59. The van der Waals surface area contributed by atoms with Gasteiger partial charge in [0.25, 0.3) is 0 Å². The highest BCUT2D eigenvalue weighted by Crippen LogP contribution is 2.24. The molecule has 34 heavy (non-hydrogen) atoms. The minimum Gasteiger partial charge on any atom is -0.364 e. The fraction of sp³-hybridized carbons (Fsp3) is 0.261. The molecule has 0 spiro atoms. The van der Waals surface area contributed by atoms with E-state index in [1.54, 1.807) is 0 Å². The van der Waals surface area contributed by atoms with Crippen LogP contribution < -0.4 is 16.3 Å². The lowest BCUT2D eigenvalue weighted by molar-refractivity contribution is 0.602. The van der Waals surface area contributed by atoms with Gasteiger partial charge in [-0.2, -0.15) is 4.98 Å². The van der Waals surface area contributed by atoms with Crippen LogP contribution in [0.4, 0.5) is 10.2 Å². The number of nitrogens with zero attached hydrogens (tertiary/aromatic N) is 4. The molecule has 0 atom stereocenters. The summed E-state index contributed by atoms with van der Waals surface area (Å²) in [6.45, 7) is 3.70. The number of aromatic amines is 2. The largest absolute Gasteiger partial charge is 0.364 e. The number of nitrogens with one attached hydrogen (secondary N) is 4. The Kier molecular flexibility index (Phi) is 6.28. The molecule has 5 rings (SSSR count). The number of hydrogen-bond acceptors (Lipinski definition) is 8. The summed E-state index contributed by atoms with van der Waals surface area (Å²) in [4.78, 5) is 35.8. The van der Waals surface area contributed by atoms with E-state index in [0.717, 1.165) is 41.4 Å². The molecule has 0 saturated carbocycles. The molecule has 9 nitrogen and oxygen atoms in total. The molecule has 4 aromatic heterocycles. The van der Waals surface area contributed by atoms with Gasteiger partial charge >= 0.3 is 5.69 Å². The first kappa shape index (κ1) is 22.1. The Labute approximate surface area is 197 Å². The van der Waals surface area contributed by atoms with E-state index >= 15 is 0 Å². The number of H-pyrrole nitrogens is 2. The van der Waals surface area contributed by atoms with Crippen molar-refractivity contribution in [3.63, 3.8) is 0 Å². The number of anilines is 1. The Balaban J connectivity index is 1.18. The van der Waals surface area contributed by atoms with Gasteiger partial charge in [0.1, 0.15) is 23.0 Å². The SMILES string of the molecule is Cc1ccc2nc(CCNCCc3nc4c(NCc5ncccc5F)[nH]c(=O)nc4s3)[nH]c2c1. The van der Waals surface area contributed by atoms with Crippen molar-refractivity contribution < 1.29 is 4.39 Å². The summed E-state index contributed by atoms with van der Waals surface area (Å²) in [7, 11) is 0. The standard InChI is InChI=1S/C23H23FN8OS/c1-13-4-5-15-16(11-13)29-18(28-15)6-9-25-10-7-19-30-20-21(31-23(33)32-22(20)34-19)27-12-17-14(24)3-2-8-26-17/h2-5,8,11,25H,6-7,9-10,12H2,1H3,(H,28,29)(H2,27,31,32,33). The van der Waals surface area contributed by atoms with Crippen molar-refractivity contribution in [1.82, 2.24) is 35.2 Å². The van der Waals surface area contributed by atoms with Crippen molar-refractivity contribution in [2.45, 2.75) is 26.3 Å². The van der Waals surface area contributed by atoms with Crippen LogP contribution in [-0.4, -0.2) is 43.0 Å². The molecule has 4 heterocycles. The van der Waals surface area contributed by atoms with Gasteiger partial charge in [-0.15, -0.1) is 0 Å². The summed E-state index contributed by atoms with van der Waals surface area (Å²) in [6.07, 6.45) is 3.01. The smallest absolute Gasteiger partial charge is 0.347 e. The summed E-state index contributed by atoms with van der Waals surface area (Å²) in [6, 6.07) is 9.06. The van der Waals surface area contributed by atoms with Gasteiger partial charge < -0.3 is 15.6 Å². The summed E-state index contributed by atoms with van der Waals surface area (Å²) in [5.41, 5.74) is 3.58. The third-order valence-corrected chi connectivity index (χ3v) is 6.34. The van der Waals surface area contributed by atoms with E-state index in [4.69, 9.17) is 0 Å². The van der Waals surface area contributed by atoms with Crippen LogP contribution in [0.2, 0.25) is 0 Å². The summed E-state index contributed by atoms with van der Waals surface area (Å²) in [5.74, 6) is 0.956. The second kappa shape index (κ2) is 9.65. The maximum absolute atomic E-state index is 13.9. The zero-order valence-electron chi connectivity index (χ0n) is 18.5. The van der Waals surface area contributed by atoms with Gasteiger partial charge in [0.15, 0.2) is 4.83 Å². The van der Waals surface area contributed by atoms with Crippen molar-refractivity contribution in [2.75, 3.05) is 18.4 Å². The first-order valence-corrected chi connectivity index (χ1v) is 11.8. The normalized spacial score (nSPS) is 11.5. The third kappa shape index (κ3) is 4.95. The van der Waals surface area contributed by atoms with Gasteiger partial charge in [0, 0.05) is 32.1 Å². The van der Waals surface area contributed by atoms with Gasteiger partial charge in [-0.25, -0.2) is 19.2 Å². The number of pyridine rings is 1. The monoisotopic (exact) mass is 478 g/mol. The van der Waals surface area contributed by atoms with E-state index in [-0.39, 0.29) is 12.2 Å². The van der Waals surface area contributed by atoms with Gasteiger partial charge in [0.2, 0.25) is 0 Å². The minimum absolute atomic E-state index is 0.123. The molecule has 5 aromatic rings. The Morgan fingerprint density at radius 1 is 1.09 bits per heavy atom. The summed E-state index contributed by atoms with van der Waals surface area (Å²) < 4.78 is 13.9. The second-order valence-corrected chi connectivity index (χ2v) is 8.98. The molecule has 11 heteroatoms. The van der Waals surface area contributed by atoms with Crippen LogP contribution in [0.15, 0.2) is 41.3 Å². The fourth-order valence-electron chi connectivity index (χ4n) is 3.66. The van der Waals surface area contributed by atoms with E-state index in [9.17, 15) is 9.18 Å². The minimum atomic E-state index is -0.481. The second-order valence-electron chi connectivity index (χ2n) is 7.92. The predicted octanol–water partition coefficient (Wildman–Crippen LogP) is 3.09. The molecular formula is C23H23FN8OS. The van der Waals surface area contributed by atoms with E-state index in [1.165, 1.54) is 35.2 Å². The lowest BCUT2D eigenvalue weighted by Crippen LogP contribution is -2.20. The number of thiazole rings is 1. The molecule has 0 bridgehead atoms. The third-order valence-electron chi connectivity index (χ3n) is 5.33. The lowest BCUT2D eigenvalue weighted by atomic mass is 10.2. The van der Waals surface area contributed by atoms with Crippen molar-refractivity contribution in [1.29, 1.82) is 0 Å². The Morgan fingerprint density at radius 2 is 1.97 bits per heavy atom. The van der Waals surface area contributed by atoms with Crippen LogP contribution in [0.1, 0.15) is 22.1 Å². The summed E-state index contributed by atoms with van der Waals surface area (Å²) >= 11 is 1.38. The molecule has 0 fully saturated rings. The van der Waals surface area contributed by atoms with Crippen molar-refractivity contribution >= 4 is 38.5 Å². The zero-order chi connectivity index (χ0) is 23.5. The average Bonchev–Trinajstić information content (AvgIpc) is 3.41. The maximum atomic E-state index is 13.9. The molecule has 0 aliphatic heterocycles. The predicted molar refractivity (Wildman–Crippen MR) is 131 cm³/mol. The quantitative estimate of drug-likeness (QED) is 0.240. The highest BCUT2D eigenvalue weighted by atomic mass is 32.1. The number of imidazole rings is 1. The number of aryl methyl sites for hydroxylation is 1. The molecule has 0 aliphatic carbocycles. The molecule has 1 aromatic carbocycles. The topological polar surface area (TPSA) is 124 Å². The maximum Gasteiger partial charge on any atom is 0.347 e. The molecule has 0 saturated heterocycles. The van der Waals surface area contributed by atoms with Crippen LogP contribution in [0.25, 0.3) is 21.4 Å². The number of aromatic nitrogens is 6. The van der Waals surface area contributed by atoms with E-state index < -0.39 is 11.5 Å². The van der Waals surface area contributed by atoms with Gasteiger partial charge in [-0.05, 0) is 36.8 Å². The van der Waals surface area contributed by atoms with Crippen LogP contribution in [0, 0.1) is 12.7 Å². The van der Waals surface area contributed by atoms with Gasteiger partial charge in [-0.1, -0.05) is 17.4 Å². The first-order chi connectivity index (χ1) is 16.5. The van der Waals surface area contributed by atoms with Crippen LogP contribution in [0.3, 0.4) is 0 Å². The highest BCUT2D eigenvalue weighted by Gasteiger charge is 2.13. The number of fused-ring (bicyclic) bond motifs is 2. The lowest BCUT2D eigenvalue weighted by Gasteiger charge is -2.06. The molecule has 4 N–H and O–H groups in total. The van der Waals surface area contributed by atoms with Crippen molar-refractivity contribution in [3.05, 3.63) is 74.9 Å². The summed E-state index contributed by atoms with van der Waals surface area (Å²) in [5, 5.41) is 7.30. The van der Waals surface area contributed by atoms with E-state index in [1.807, 2.05) is 6.07 Å². The average molecular weight is 479 g/mol. The Morgan fingerprint density at radius 3 is 2.85 bits per heavy atom. The Bertz CT molecular complexity index is 1510. The van der Waals surface area contributed by atoms with Crippen LogP contribution in [0.5, 0.6) is 0 Å². The Hall–Kier alpha value is -3.70. The van der Waals surface area contributed by atoms with Gasteiger partial charge in [0.05, 0.1) is 28.3 Å². The number of halogens is 1. The van der Waals surface area contributed by atoms with Crippen LogP contribution >= 0.6 is 11.3 Å². The van der Waals surface area contributed by atoms with E-state index in [2.05, 4.69) is 59.6 Å². The molecule has 174 valence electrons. The molecule has 0 unspecified atom stereocenters. The highest BCUT2D eigenvalue weighted by molar-refractivity contribution is 7.18. The van der Waals surface area contributed by atoms with Crippen LogP contribution in [-0.2, 0) is 19.4 Å². The number of hydrogen-bond donors (Lipinski definition) is 4. The van der Waals surface area contributed by atoms with Gasteiger partial charge in [-0.3, -0.25) is 9.97 Å². The molecular weight excluding hydrogens is 455 g/mol. The first-order valence-electron chi connectivity index (χ1n) is 10.9. The zero-order valence-corrected chi connectivity index (χ0v) is 19.3. The van der Waals surface area contributed by atoms with E-state index in [0.29, 0.717) is 22.6 Å². The molecule has 0 amide bonds. The number of rotatable bonds is 9.